The molecule has 22 heavy (non-hydrogen) atoms. The van der Waals surface area contributed by atoms with Gasteiger partial charge >= 0.3 is 5.97 Å². The summed E-state index contributed by atoms with van der Waals surface area (Å²) in [5.74, 6) is -0.300. The van der Waals surface area contributed by atoms with Crippen molar-refractivity contribution in [2.24, 2.45) is 5.92 Å². The number of carbonyl (C=O) groups is 2. The molecule has 1 unspecified atom stereocenters. The van der Waals surface area contributed by atoms with E-state index in [2.05, 4.69) is 5.10 Å². The predicted molar refractivity (Wildman–Crippen MR) is 80.5 cm³/mol. The zero-order chi connectivity index (χ0) is 15.7. The smallest absolute Gasteiger partial charge is 0.338 e. The lowest BCUT2D eigenvalue weighted by Gasteiger charge is -2.32. The van der Waals surface area contributed by atoms with Gasteiger partial charge in [0.1, 0.15) is 0 Å². The van der Waals surface area contributed by atoms with Crippen LogP contribution in [0.1, 0.15) is 49.0 Å². The topological polar surface area (TPSA) is 75.4 Å². The van der Waals surface area contributed by atoms with Gasteiger partial charge in [-0.15, -0.1) is 0 Å². The predicted octanol–water partition coefficient (Wildman–Crippen LogP) is 2.10. The first kappa shape index (κ1) is 14.8. The lowest BCUT2D eigenvalue weighted by molar-refractivity contribution is -0.127. The molecule has 1 aliphatic carbocycles. The third kappa shape index (κ3) is 3.21. The van der Waals surface area contributed by atoms with Gasteiger partial charge in [-0.3, -0.25) is 9.48 Å². The zero-order valence-electron chi connectivity index (χ0n) is 12.7. The summed E-state index contributed by atoms with van der Waals surface area (Å²) in [5.41, 5.74) is 1.37. The zero-order valence-corrected chi connectivity index (χ0v) is 12.7. The van der Waals surface area contributed by atoms with Crippen LogP contribution in [0.4, 0.5) is 0 Å². The van der Waals surface area contributed by atoms with Crippen molar-refractivity contribution in [1.82, 2.24) is 14.7 Å². The van der Waals surface area contributed by atoms with Crippen LogP contribution in [0, 0.1) is 5.92 Å². The van der Waals surface area contributed by atoms with E-state index in [-0.39, 0.29) is 17.5 Å². The average molecular weight is 303 g/mol. The van der Waals surface area contributed by atoms with E-state index >= 15 is 0 Å². The van der Waals surface area contributed by atoms with Gasteiger partial charge in [0.2, 0.25) is 5.91 Å². The third-order valence-electron chi connectivity index (χ3n) is 4.50. The monoisotopic (exact) mass is 303 g/mol. The van der Waals surface area contributed by atoms with Gasteiger partial charge in [0, 0.05) is 25.4 Å². The number of rotatable bonds is 4. The fourth-order valence-corrected chi connectivity index (χ4v) is 2.96. The summed E-state index contributed by atoms with van der Waals surface area (Å²) in [6, 6.07) is 0.0560. The van der Waals surface area contributed by atoms with Gasteiger partial charge in [0.25, 0.3) is 0 Å². The van der Waals surface area contributed by atoms with Crippen molar-refractivity contribution in [3.8, 4) is 0 Å². The van der Waals surface area contributed by atoms with Gasteiger partial charge in [-0.05, 0) is 38.5 Å². The summed E-state index contributed by atoms with van der Waals surface area (Å²) in [5, 5.41) is 13.1. The molecular formula is C16H21N3O3. The highest BCUT2D eigenvalue weighted by Crippen LogP contribution is 2.36. The van der Waals surface area contributed by atoms with E-state index in [4.69, 9.17) is 5.11 Å². The summed E-state index contributed by atoms with van der Waals surface area (Å²) in [7, 11) is 0. The molecule has 2 heterocycles. The van der Waals surface area contributed by atoms with Crippen molar-refractivity contribution in [3.63, 3.8) is 0 Å². The van der Waals surface area contributed by atoms with E-state index in [1.165, 1.54) is 24.6 Å². The van der Waals surface area contributed by atoms with Crippen LogP contribution in [0.2, 0.25) is 0 Å². The third-order valence-corrected chi connectivity index (χ3v) is 4.50. The quantitative estimate of drug-likeness (QED) is 0.864. The number of likely N-dealkylation sites (tertiary alicyclic amines) is 1. The molecule has 1 aromatic rings. The van der Waals surface area contributed by atoms with Crippen molar-refractivity contribution in [3.05, 3.63) is 29.6 Å². The molecule has 2 aliphatic rings. The minimum absolute atomic E-state index is 0.0560. The molecule has 1 aliphatic heterocycles. The molecule has 1 amide bonds. The van der Waals surface area contributed by atoms with E-state index in [1.54, 1.807) is 17.0 Å². The SMILES string of the molecule is C/C(=C\C(=O)N1CCCC(n2cc(C(=O)O)cn2)C1)C1CC1. The minimum atomic E-state index is -0.974. The molecule has 3 rings (SSSR count). The maximum atomic E-state index is 12.4. The molecule has 2 fully saturated rings. The maximum Gasteiger partial charge on any atom is 0.338 e. The van der Waals surface area contributed by atoms with Crippen LogP contribution in [0.25, 0.3) is 0 Å². The Balaban J connectivity index is 1.66. The van der Waals surface area contributed by atoms with Crippen LogP contribution >= 0.6 is 0 Å². The lowest BCUT2D eigenvalue weighted by atomic mass is 10.1. The van der Waals surface area contributed by atoms with E-state index in [0.29, 0.717) is 12.5 Å². The van der Waals surface area contributed by atoms with Crippen LogP contribution in [0.5, 0.6) is 0 Å². The molecule has 1 atom stereocenters. The Morgan fingerprint density at radius 2 is 2.14 bits per heavy atom. The number of hydrogen-bond donors (Lipinski definition) is 1. The number of piperidine rings is 1. The normalized spacial score (nSPS) is 22.7. The van der Waals surface area contributed by atoms with Gasteiger partial charge in [-0.2, -0.15) is 5.10 Å². The Morgan fingerprint density at radius 3 is 2.77 bits per heavy atom. The first-order valence-electron chi connectivity index (χ1n) is 7.79. The summed E-state index contributed by atoms with van der Waals surface area (Å²) >= 11 is 0. The molecule has 1 aromatic heterocycles. The van der Waals surface area contributed by atoms with Crippen molar-refractivity contribution in [2.75, 3.05) is 13.1 Å². The van der Waals surface area contributed by atoms with Gasteiger partial charge in [-0.25, -0.2) is 4.79 Å². The first-order valence-corrected chi connectivity index (χ1v) is 7.79. The van der Waals surface area contributed by atoms with Crippen LogP contribution in [-0.2, 0) is 4.79 Å². The summed E-state index contributed by atoms with van der Waals surface area (Å²) in [6.07, 6.45) is 8.90. The number of hydrogen-bond acceptors (Lipinski definition) is 3. The van der Waals surface area contributed by atoms with Crippen LogP contribution in [-0.4, -0.2) is 44.8 Å². The van der Waals surface area contributed by atoms with Gasteiger partial charge in [0.05, 0.1) is 17.8 Å². The summed E-state index contributed by atoms with van der Waals surface area (Å²) in [6.45, 7) is 3.38. The number of aromatic nitrogens is 2. The Kier molecular flexibility index (Phi) is 4.00. The molecule has 0 radical (unpaired) electrons. The molecule has 6 heteroatoms. The average Bonchev–Trinajstić information content (AvgIpc) is 3.24. The van der Waals surface area contributed by atoms with E-state index < -0.39 is 5.97 Å². The fourth-order valence-electron chi connectivity index (χ4n) is 2.96. The van der Waals surface area contributed by atoms with E-state index in [0.717, 1.165) is 19.4 Å². The van der Waals surface area contributed by atoms with Crippen LogP contribution < -0.4 is 0 Å². The summed E-state index contributed by atoms with van der Waals surface area (Å²) in [4.78, 5) is 25.1. The molecular weight excluding hydrogens is 282 g/mol. The number of nitrogens with zero attached hydrogens (tertiary/aromatic N) is 3. The van der Waals surface area contributed by atoms with Crippen LogP contribution in [0.3, 0.4) is 0 Å². The highest BCUT2D eigenvalue weighted by molar-refractivity contribution is 5.88. The van der Waals surface area contributed by atoms with Crippen LogP contribution in [0.15, 0.2) is 24.0 Å². The van der Waals surface area contributed by atoms with E-state index in [9.17, 15) is 9.59 Å². The number of carboxylic acid groups (broad SMARTS) is 1. The van der Waals surface area contributed by atoms with Gasteiger partial charge < -0.3 is 10.0 Å². The lowest BCUT2D eigenvalue weighted by Crippen LogP contribution is -2.40. The molecule has 1 saturated heterocycles. The largest absolute Gasteiger partial charge is 0.478 e. The first-order chi connectivity index (χ1) is 10.5. The number of aromatic carboxylic acids is 1. The molecule has 6 nitrogen and oxygen atoms in total. The highest BCUT2D eigenvalue weighted by Gasteiger charge is 2.27. The summed E-state index contributed by atoms with van der Waals surface area (Å²) < 4.78 is 1.68. The minimum Gasteiger partial charge on any atom is -0.478 e. The Hall–Kier alpha value is -2.11. The molecule has 0 spiro atoms. The van der Waals surface area contributed by atoms with Gasteiger partial charge in [-0.1, -0.05) is 5.57 Å². The molecule has 0 bridgehead atoms. The van der Waals surface area contributed by atoms with Crippen molar-refractivity contribution in [2.45, 2.75) is 38.6 Å². The standard InChI is InChI=1S/C16H21N3O3/c1-11(12-4-5-12)7-15(20)18-6-2-3-14(10-18)19-9-13(8-17-19)16(21)22/h7-9,12,14H,2-6,10H2,1H3,(H,21,22)/b11-7+. The molecule has 1 N–H and O–H groups in total. The molecule has 1 saturated carbocycles. The molecule has 118 valence electrons. The molecule has 0 aromatic carbocycles. The van der Waals surface area contributed by atoms with Crippen molar-refractivity contribution >= 4 is 11.9 Å². The second-order valence-corrected chi connectivity index (χ2v) is 6.26. The fraction of sp³-hybridized carbons (Fsp3) is 0.562. The highest BCUT2D eigenvalue weighted by atomic mass is 16.4. The Bertz CT molecular complexity index is 616. The second-order valence-electron chi connectivity index (χ2n) is 6.26. The number of carboxylic acids is 1. The maximum absolute atomic E-state index is 12.4. The van der Waals surface area contributed by atoms with Crippen molar-refractivity contribution < 1.29 is 14.7 Å². The Labute approximate surface area is 129 Å². The van der Waals surface area contributed by atoms with Crippen molar-refractivity contribution in [1.29, 1.82) is 0 Å². The number of allylic oxidation sites excluding steroid dienone is 1. The van der Waals surface area contributed by atoms with E-state index in [1.807, 2.05) is 11.8 Å². The number of amides is 1. The second kappa shape index (κ2) is 5.94. The van der Waals surface area contributed by atoms with Gasteiger partial charge in [0.15, 0.2) is 0 Å². The number of carbonyl (C=O) groups excluding carboxylic acids is 1. The Morgan fingerprint density at radius 1 is 1.36 bits per heavy atom.